The van der Waals surface area contributed by atoms with E-state index in [9.17, 15) is 105 Å². The molecule has 87 heavy (non-hydrogen) atoms. The molecular weight excluding hydrogens is 1300 g/mol. The molecule has 4 aromatic carbocycles. The number of ether oxygens (including phenoxy) is 2. The molecule has 1 radical (unpaired) electrons. The molecule has 5 nitrogen and oxygen atoms in total. The van der Waals surface area contributed by atoms with Crippen molar-refractivity contribution in [3.63, 3.8) is 0 Å². The van der Waals surface area contributed by atoms with Crippen LogP contribution in [0.3, 0.4) is 0 Å². The summed E-state index contributed by atoms with van der Waals surface area (Å²) in [5.41, 5.74) is -30.2. The van der Waals surface area contributed by atoms with E-state index in [0.717, 1.165) is 56.0 Å². The van der Waals surface area contributed by atoms with Crippen LogP contribution in [-0.2, 0) is 84.5 Å². The Bertz CT molecular complexity index is 2170. The van der Waals surface area contributed by atoms with Crippen LogP contribution in [0, 0.1) is 36.5 Å². The van der Waals surface area contributed by atoms with E-state index in [4.69, 9.17) is 4.74 Å². The van der Waals surface area contributed by atoms with Crippen molar-refractivity contribution >= 4 is 36.6 Å². The zero-order valence-electron chi connectivity index (χ0n) is 48.9. The standard InChI is InChI=1S/C32H12BF24.C10H20.2C4H10O.C3H9O3P.C2H5.Co/c34-25(35,36)13-1-14(26(37,38)39)6-21(5-13)33(22-7-15(27(40,41)42)2-16(8-22)28(43,44)45,23-9-17(29(46,47)48)3-18(10-23)30(49,50)51)24-11-19(31(52,53)54)4-20(12-24)32(55,56)57;1-6-7(2)9(4)10(5)8(6)3;2*1-3-5-4-2;1-4-7(5-2)6-3;1-2;/h1-12H;6-10H,1-5H3;2*3-4H2,1-2H3;1-3H3;1H2,2H3;/q-1;;;;;-1;+2/p+1. The first kappa shape index (κ1) is 85.1. The minimum atomic E-state index is -6.13. The van der Waals surface area contributed by atoms with E-state index in [-0.39, 0.29) is 16.8 Å². The number of alkyl halides is 24. The summed E-state index contributed by atoms with van der Waals surface area (Å²) >= 11 is 0. The predicted octanol–water partition coefficient (Wildman–Crippen LogP) is 18.0. The zero-order chi connectivity index (χ0) is 67.7. The average molecular weight is 1360 g/mol. The van der Waals surface area contributed by atoms with Gasteiger partial charge in [0.25, 0.3) is 0 Å². The number of halogens is 24. The Morgan fingerprint density at radius 3 is 0.563 bits per heavy atom. The molecule has 0 bridgehead atoms. The van der Waals surface area contributed by atoms with Gasteiger partial charge in [0, 0.05) is 48.4 Å². The van der Waals surface area contributed by atoms with Crippen molar-refractivity contribution < 1.29 is 145 Å². The topological polar surface area (TPSA) is 49.7 Å². The third kappa shape index (κ3) is 24.6. The maximum Gasteiger partial charge on any atom is 2.00 e. The fourth-order valence-electron chi connectivity index (χ4n) is 9.12. The van der Waals surface area contributed by atoms with Crippen molar-refractivity contribution in [2.45, 2.75) is 119 Å². The second-order valence-electron chi connectivity index (χ2n) is 18.9. The molecule has 0 spiro atoms. The van der Waals surface area contributed by atoms with Gasteiger partial charge in [-0.1, -0.05) is 83.1 Å². The van der Waals surface area contributed by atoms with Gasteiger partial charge in [0.05, 0.1) is 44.5 Å². The second-order valence-corrected chi connectivity index (χ2v) is 20.5. The Kier molecular flexibility index (Phi) is 33.7. The SMILES string of the molecule is CC1C(C)C(C)C(C)C1C.CCOCC.CC[OH+]CC.COP(OC)OC.FC(F)(F)c1cc([B-](c2cc(C(F)(F)F)cc(C(F)(F)F)c2)(c2cc(C(F)(F)F)cc(C(F)(F)F)c2)c2cc(C(F)(F)F)cc(C(F)(F)F)c2)cc(C(F)(F)F)c1.[CH2-]C.[Co+2]. The van der Waals surface area contributed by atoms with Gasteiger partial charge in [-0.25, -0.2) is 0 Å². The molecule has 1 aliphatic carbocycles. The summed E-state index contributed by atoms with van der Waals surface area (Å²) in [6.07, 6.45) is -54.8. The van der Waals surface area contributed by atoms with Crippen molar-refractivity contribution in [3.05, 3.63) is 124 Å². The number of hydrogen-bond acceptors (Lipinski definition) is 4. The van der Waals surface area contributed by atoms with Gasteiger partial charge in [0.2, 0.25) is 0 Å². The minimum absolute atomic E-state index is 0. The van der Waals surface area contributed by atoms with Gasteiger partial charge in [0.1, 0.15) is 19.4 Å². The Labute approximate surface area is 500 Å². The maximum atomic E-state index is 14.2. The summed E-state index contributed by atoms with van der Waals surface area (Å²) in [5.74, 6) is 4.68. The molecule has 5 rings (SSSR count). The van der Waals surface area contributed by atoms with Crippen molar-refractivity contribution in [2.24, 2.45) is 29.6 Å². The third-order valence-corrected chi connectivity index (χ3v) is 14.8. The number of aliphatic hydroxyl groups is 2. The van der Waals surface area contributed by atoms with Gasteiger partial charge in [-0.3, -0.25) is 0 Å². The van der Waals surface area contributed by atoms with E-state index in [0.29, 0.717) is 0 Å². The Hall–Kier alpha value is -4.00. The van der Waals surface area contributed by atoms with Crippen LogP contribution >= 0.6 is 8.60 Å². The molecule has 32 heteroatoms. The van der Waals surface area contributed by atoms with Gasteiger partial charge < -0.3 is 30.0 Å². The van der Waals surface area contributed by atoms with Crippen molar-refractivity contribution in [1.82, 2.24) is 0 Å². The van der Waals surface area contributed by atoms with Gasteiger partial charge in [-0.15, -0.1) is 0 Å². The molecular formula is C55H67BCoF24O5P+. The van der Waals surface area contributed by atoms with E-state index < -0.39 is 203 Å². The predicted molar refractivity (Wildman–Crippen MR) is 280 cm³/mol. The smallest absolute Gasteiger partial charge is 0.434 e. The number of benzene rings is 4. The van der Waals surface area contributed by atoms with Crippen molar-refractivity contribution in [2.75, 3.05) is 47.8 Å². The monoisotopic (exact) mass is 1360 g/mol. The largest absolute Gasteiger partial charge is 2.00 e. The van der Waals surface area contributed by atoms with Crippen molar-refractivity contribution in [3.8, 4) is 0 Å². The van der Waals surface area contributed by atoms with E-state index in [1.807, 2.05) is 27.7 Å². The van der Waals surface area contributed by atoms with Crippen LogP contribution in [0.4, 0.5) is 105 Å². The fourth-order valence-corrected chi connectivity index (χ4v) is 9.56. The second kappa shape index (κ2) is 34.4. The van der Waals surface area contributed by atoms with Crippen LogP contribution < -0.4 is 21.9 Å². The molecule has 0 heterocycles. The van der Waals surface area contributed by atoms with Crippen LogP contribution in [0.15, 0.2) is 72.8 Å². The van der Waals surface area contributed by atoms with Crippen LogP contribution in [0.5, 0.6) is 0 Å². The molecule has 1 fully saturated rings. The molecule has 0 aliphatic heterocycles. The van der Waals surface area contributed by atoms with Crippen LogP contribution in [0.2, 0.25) is 0 Å². The maximum absolute atomic E-state index is 14.2. The van der Waals surface area contributed by atoms with Gasteiger partial charge in [0.15, 0.2) is 0 Å². The number of rotatable bonds is 11. The van der Waals surface area contributed by atoms with E-state index in [1.54, 1.807) is 28.3 Å². The Morgan fingerprint density at radius 2 is 0.494 bits per heavy atom. The third-order valence-electron chi connectivity index (χ3n) is 13.9. The van der Waals surface area contributed by atoms with Gasteiger partial charge in [-0.05, 0) is 67.7 Å². The molecule has 501 valence electrons. The molecule has 0 aromatic heterocycles. The molecule has 0 unspecified atom stereocenters. The summed E-state index contributed by atoms with van der Waals surface area (Å²) in [7, 11) is 3.57. The molecule has 0 amide bonds. The van der Waals surface area contributed by atoms with Crippen LogP contribution in [0.1, 0.15) is 114 Å². The molecule has 4 aromatic rings. The van der Waals surface area contributed by atoms with Gasteiger partial charge >= 0.3 is 74.8 Å². The summed E-state index contributed by atoms with van der Waals surface area (Å²) in [5, 5.41) is 0. The first-order valence-corrected chi connectivity index (χ1v) is 26.8. The quantitative estimate of drug-likeness (QED) is 0.0494. The molecule has 1 N–H and O–H groups in total. The summed E-state index contributed by atoms with van der Waals surface area (Å²) in [6, 6.07) is -8.81. The summed E-state index contributed by atoms with van der Waals surface area (Å²) < 4.78 is 364. The van der Waals surface area contributed by atoms with E-state index in [1.165, 1.54) is 0 Å². The van der Waals surface area contributed by atoms with Gasteiger partial charge in [-0.2, -0.15) is 134 Å². The first-order valence-electron chi connectivity index (χ1n) is 25.7. The summed E-state index contributed by atoms with van der Waals surface area (Å²) in [6.45, 7) is 28.7. The normalized spacial score (nSPS) is 17.6. The fraction of sp³-hybridized carbons (Fsp3) is 0.545. The molecule has 1 saturated carbocycles. The van der Waals surface area contributed by atoms with Crippen LogP contribution in [0.25, 0.3) is 0 Å². The molecule has 1 aliphatic rings. The minimum Gasteiger partial charge on any atom is -0.434 e. The Balaban J connectivity index is 0. The molecule has 0 saturated heterocycles. The summed E-state index contributed by atoms with van der Waals surface area (Å²) in [4.78, 5) is 0. The first-order chi connectivity index (χ1) is 39.0. The zero-order valence-corrected chi connectivity index (χ0v) is 50.8. The Morgan fingerprint density at radius 1 is 0.345 bits per heavy atom. The van der Waals surface area contributed by atoms with Crippen LogP contribution in [-0.4, -0.2) is 58.6 Å². The number of hydrogen-bond donors (Lipinski definition) is 0. The van der Waals surface area contributed by atoms with Crippen molar-refractivity contribution in [1.29, 1.82) is 0 Å². The average Bonchev–Trinajstić information content (AvgIpc) is 1.16. The van der Waals surface area contributed by atoms with E-state index >= 15 is 0 Å². The van der Waals surface area contributed by atoms with E-state index in [2.05, 4.69) is 59.9 Å². The molecule has 0 atom stereocenters.